The molecule has 0 bridgehead atoms. The van der Waals surface area contributed by atoms with Crippen LogP contribution in [0.1, 0.15) is 12.8 Å². The number of nitrogens with zero attached hydrogens (tertiary/aromatic N) is 4. The van der Waals surface area contributed by atoms with Crippen LogP contribution < -0.4 is 4.90 Å². The van der Waals surface area contributed by atoms with Crippen LogP contribution in [-0.4, -0.2) is 41.8 Å². The van der Waals surface area contributed by atoms with Gasteiger partial charge in [-0.05, 0) is 49.1 Å². The summed E-state index contributed by atoms with van der Waals surface area (Å²) in [6.45, 7) is 2.60. The van der Waals surface area contributed by atoms with Crippen molar-refractivity contribution in [2.24, 2.45) is 5.92 Å². The lowest BCUT2D eigenvalue weighted by molar-refractivity contribution is 0.139. The molecule has 150 valence electrons. The zero-order valence-electron chi connectivity index (χ0n) is 16.2. The minimum Gasteiger partial charge on any atom is -0.384 e. The molecule has 0 saturated carbocycles. The highest BCUT2D eigenvalue weighted by Gasteiger charge is 2.22. The van der Waals surface area contributed by atoms with Crippen molar-refractivity contribution in [2.45, 2.75) is 12.8 Å². The van der Waals surface area contributed by atoms with Gasteiger partial charge in [-0.15, -0.1) is 0 Å². The van der Waals surface area contributed by atoms with Crippen LogP contribution in [0, 0.1) is 11.7 Å². The molecular weight excluding hydrogens is 391 g/mol. The number of anilines is 1. The van der Waals surface area contributed by atoms with Gasteiger partial charge >= 0.3 is 0 Å². The van der Waals surface area contributed by atoms with E-state index in [0.29, 0.717) is 22.3 Å². The van der Waals surface area contributed by atoms with Crippen LogP contribution in [0.15, 0.2) is 48.9 Å². The topological polar surface area (TPSA) is 51.1 Å². The molecule has 3 aromatic rings. The number of methoxy groups -OCH3 is 1. The third kappa shape index (κ3) is 4.38. The highest BCUT2D eigenvalue weighted by atomic mass is 35.5. The number of piperidine rings is 1. The fourth-order valence-corrected chi connectivity index (χ4v) is 3.88. The average Bonchev–Trinajstić information content (AvgIpc) is 2.75. The summed E-state index contributed by atoms with van der Waals surface area (Å²) in [6.07, 6.45) is 7.17. The van der Waals surface area contributed by atoms with Gasteiger partial charge in [-0.3, -0.25) is 9.97 Å². The van der Waals surface area contributed by atoms with E-state index in [1.54, 1.807) is 37.8 Å². The molecular formula is C22H22ClFN4O. The Bertz CT molecular complexity index is 975. The molecule has 0 amide bonds. The highest BCUT2D eigenvalue weighted by molar-refractivity contribution is 6.33. The number of benzene rings is 1. The van der Waals surface area contributed by atoms with Gasteiger partial charge in [0, 0.05) is 50.3 Å². The molecule has 1 aromatic carbocycles. The second kappa shape index (κ2) is 8.84. The Morgan fingerprint density at radius 2 is 1.86 bits per heavy atom. The smallest absolute Gasteiger partial charge is 0.147 e. The summed E-state index contributed by atoms with van der Waals surface area (Å²) in [5.74, 6) is 1.10. The van der Waals surface area contributed by atoms with E-state index < -0.39 is 0 Å². The maximum absolute atomic E-state index is 13.4. The van der Waals surface area contributed by atoms with E-state index in [4.69, 9.17) is 26.3 Å². The number of hydrogen-bond donors (Lipinski definition) is 0. The summed E-state index contributed by atoms with van der Waals surface area (Å²) < 4.78 is 18.7. The van der Waals surface area contributed by atoms with Gasteiger partial charge in [0.2, 0.25) is 0 Å². The minimum absolute atomic E-state index is 0.291. The molecule has 1 saturated heterocycles. The molecule has 1 fully saturated rings. The SMILES string of the molecule is COCC1CCN(c2cnc(-c3ccc(F)cc3)c(-c3ccncc3Cl)n2)CC1. The molecule has 1 aliphatic rings. The first-order valence-corrected chi connectivity index (χ1v) is 10.00. The van der Waals surface area contributed by atoms with Gasteiger partial charge < -0.3 is 9.64 Å². The van der Waals surface area contributed by atoms with Crippen molar-refractivity contribution in [1.29, 1.82) is 0 Å². The molecule has 0 aliphatic carbocycles. The van der Waals surface area contributed by atoms with Gasteiger partial charge in [-0.1, -0.05) is 11.6 Å². The second-order valence-electron chi connectivity index (χ2n) is 7.17. The largest absolute Gasteiger partial charge is 0.384 e. The van der Waals surface area contributed by atoms with E-state index in [1.807, 2.05) is 6.07 Å². The number of rotatable bonds is 5. The lowest BCUT2D eigenvalue weighted by atomic mass is 9.98. The zero-order valence-corrected chi connectivity index (χ0v) is 16.9. The number of ether oxygens (including phenoxy) is 1. The second-order valence-corrected chi connectivity index (χ2v) is 7.58. The minimum atomic E-state index is -0.291. The van der Waals surface area contributed by atoms with E-state index >= 15 is 0 Å². The van der Waals surface area contributed by atoms with Crippen LogP contribution in [0.3, 0.4) is 0 Å². The Morgan fingerprint density at radius 3 is 2.55 bits per heavy atom. The van der Waals surface area contributed by atoms with E-state index in [2.05, 4.69) is 9.88 Å². The van der Waals surface area contributed by atoms with Gasteiger partial charge in [0.15, 0.2) is 0 Å². The van der Waals surface area contributed by atoms with Crippen molar-refractivity contribution >= 4 is 17.4 Å². The molecule has 3 heterocycles. The average molecular weight is 413 g/mol. The molecule has 2 aromatic heterocycles. The van der Waals surface area contributed by atoms with E-state index in [9.17, 15) is 4.39 Å². The predicted octanol–water partition coefficient (Wildman–Crippen LogP) is 4.86. The normalized spacial score (nSPS) is 14.9. The fraction of sp³-hybridized carbons (Fsp3) is 0.318. The van der Waals surface area contributed by atoms with Crippen LogP contribution >= 0.6 is 11.6 Å². The summed E-state index contributed by atoms with van der Waals surface area (Å²) in [5.41, 5.74) is 2.87. The van der Waals surface area contributed by atoms with Crippen molar-refractivity contribution in [3.05, 3.63) is 59.8 Å². The Kier molecular flexibility index (Phi) is 6.02. The number of aromatic nitrogens is 3. The molecule has 0 spiro atoms. The van der Waals surface area contributed by atoms with E-state index in [-0.39, 0.29) is 5.82 Å². The van der Waals surface area contributed by atoms with Gasteiger partial charge in [-0.25, -0.2) is 9.37 Å². The lowest BCUT2D eigenvalue weighted by Crippen LogP contribution is -2.35. The van der Waals surface area contributed by atoms with Gasteiger partial charge in [0.1, 0.15) is 17.3 Å². The van der Waals surface area contributed by atoms with Crippen molar-refractivity contribution < 1.29 is 9.13 Å². The molecule has 0 atom stereocenters. The molecule has 5 nitrogen and oxygen atoms in total. The molecule has 0 unspecified atom stereocenters. The predicted molar refractivity (Wildman–Crippen MR) is 112 cm³/mol. The first-order valence-electron chi connectivity index (χ1n) is 9.62. The van der Waals surface area contributed by atoms with Crippen LogP contribution in [0.2, 0.25) is 5.02 Å². The third-order valence-corrected chi connectivity index (χ3v) is 5.55. The van der Waals surface area contributed by atoms with E-state index in [1.165, 1.54) is 12.1 Å². The van der Waals surface area contributed by atoms with E-state index in [0.717, 1.165) is 49.5 Å². The monoisotopic (exact) mass is 412 g/mol. The molecule has 4 rings (SSSR count). The van der Waals surface area contributed by atoms with Crippen LogP contribution in [0.4, 0.5) is 10.2 Å². The lowest BCUT2D eigenvalue weighted by Gasteiger charge is -2.32. The maximum atomic E-state index is 13.4. The van der Waals surface area contributed by atoms with Crippen molar-refractivity contribution in [1.82, 2.24) is 15.0 Å². The number of pyridine rings is 1. The quantitative estimate of drug-likeness (QED) is 0.599. The fourth-order valence-electron chi connectivity index (χ4n) is 3.67. The van der Waals surface area contributed by atoms with Crippen molar-refractivity contribution in [2.75, 3.05) is 31.7 Å². The summed E-state index contributed by atoms with van der Waals surface area (Å²) in [5, 5.41) is 0.501. The van der Waals surface area contributed by atoms with Crippen LogP contribution in [0.5, 0.6) is 0 Å². The third-order valence-electron chi connectivity index (χ3n) is 5.25. The van der Waals surface area contributed by atoms with Crippen molar-refractivity contribution in [3.63, 3.8) is 0 Å². The van der Waals surface area contributed by atoms with Gasteiger partial charge in [0.25, 0.3) is 0 Å². The first kappa shape index (κ1) is 19.7. The summed E-state index contributed by atoms with van der Waals surface area (Å²) in [4.78, 5) is 15.9. The zero-order chi connectivity index (χ0) is 20.2. The highest BCUT2D eigenvalue weighted by Crippen LogP contribution is 2.34. The number of hydrogen-bond acceptors (Lipinski definition) is 5. The summed E-state index contributed by atoms with van der Waals surface area (Å²) in [6, 6.07) is 8.07. The Morgan fingerprint density at radius 1 is 1.10 bits per heavy atom. The molecule has 1 aliphatic heterocycles. The molecule has 7 heteroatoms. The Balaban J connectivity index is 1.72. The van der Waals surface area contributed by atoms with Gasteiger partial charge in [0.05, 0.1) is 16.9 Å². The molecule has 29 heavy (non-hydrogen) atoms. The number of halogens is 2. The van der Waals surface area contributed by atoms with Crippen molar-refractivity contribution in [3.8, 4) is 22.5 Å². The Hall–Kier alpha value is -2.57. The summed E-state index contributed by atoms with van der Waals surface area (Å²) in [7, 11) is 1.75. The van der Waals surface area contributed by atoms with Crippen LogP contribution in [0.25, 0.3) is 22.5 Å². The van der Waals surface area contributed by atoms with Crippen LogP contribution in [-0.2, 0) is 4.74 Å². The molecule has 0 radical (unpaired) electrons. The Labute approximate surface area is 174 Å². The van der Waals surface area contributed by atoms with Gasteiger partial charge in [-0.2, -0.15) is 0 Å². The maximum Gasteiger partial charge on any atom is 0.147 e. The standard InChI is InChI=1S/C22H22ClFN4O/c1-29-14-15-7-10-28(11-8-15)20-13-26-21(16-2-4-17(24)5-3-16)22(27-20)18-6-9-25-12-19(18)23/h2-6,9,12-13,15H,7-8,10-11,14H2,1H3. The first-order chi connectivity index (χ1) is 14.2. The molecule has 0 N–H and O–H groups in total. The summed E-state index contributed by atoms with van der Waals surface area (Å²) >= 11 is 6.42.